The molecule has 4 nitrogen and oxygen atoms in total. The summed E-state index contributed by atoms with van der Waals surface area (Å²) in [6, 6.07) is 14.0. The Balaban J connectivity index is 1.96. The lowest BCUT2D eigenvalue weighted by Crippen LogP contribution is -2.33. The number of anilines is 1. The van der Waals surface area contributed by atoms with Crippen molar-refractivity contribution < 1.29 is 4.79 Å². The smallest absolute Gasteiger partial charge is 0.260 e. The number of hydrogen-bond acceptors (Lipinski definition) is 4. The van der Waals surface area contributed by atoms with Gasteiger partial charge < -0.3 is 4.90 Å². The van der Waals surface area contributed by atoms with Gasteiger partial charge >= 0.3 is 0 Å². The van der Waals surface area contributed by atoms with Crippen LogP contribution in [0.1, 0.15) is 27.9 Å². The van der Waals surface area contributed by atoms with Crippen LogP contribution in [0.15, 0.2) is 42.5 Å². The molecule has 3 rings (SSSR count). The molecule has 0 unspecified atom stereocenters. The predicted octanol–water partition coefficient (Wildman–Crippen LogP) is 4.51. The molecule has 1 amide bonds. The fraction of sp³-hybridized carbons (Fsp3) is 0.333. The molecule has 26 heavy (non-hydrogen) atoms. The van der Waals surface area contributed by atoms with E-state index in [1.54, 1.807) is 11.3 Å². The van der Waals surface area contributed by atoms with Crippen molar-refractivity contribution in [1.29, 1.82) is 0 Å². The summed E-state index contributed by atoms with van der Waals surface area (Å²) in [6.07, 6.45) is 0.902. The quantitative estimate of drug-likeness (QED) is 0.643. The Morgan fingerprint density at radius 1 is 1.08 bits per heavy atom. The largest absolute Gasteiger partial charge is 0.309 e. The highest BCUT2D eigenvalue weighted by molar-refractivity contribution is 7.22. The third-order valence-corrected chi connectivity index (χ3v) is 5.41. The van der Waals surface area contributed by atoms with E-state index in [0.717, 1.165) is 39.4 Å². The fourth-order valence-corrected chi connectivity index (χ4v) is 4.01. The molecule has 0 aliphatic carbocycles. The van der Waals surface area contributed by atoms with Crippen LogP contribution < -0.4 is 4.90 Å². The highest BCUT2D eigenvalue weighted by Crippen LogP contribution is 2.31. The number of nitrogens with zero attached hydrogens (tertiary/aromatic N) is 3. The molecule has 0 saturated carbocycles. The van der Waals surface area contributed by atoms with Crippen molar-refractivity contribution in [3.8, 4) is 0 Å². The number of thiazole rings is 1. The Hall–Kier alpha value is -2.24. The standard InChI is InChI=1S/C21H25N3OS/c1-15-10-11-18-19(14-15)26-21(22-18)24(13-7-12-23(3)4)20(25)17-9-6-5-8-16(17)2/h5-6,8-11,14H,7,12-13H2,1-4H3. The zero-order chi connectivity index (χ0) is 18.7. The van der Waals surface area contributed by atoms with Crippen molar-refractivity contribution >= 4 is 32.6 Å². The number of benzene rings is 2. The molecule has 0 radical (unpaired) electrons. The van der Waals surface area contributed by atoms with Crippen molar-refractivity contribution in [1.82, 2.24) is 9.88 Å². The highest BCUT2D eigenvalue weighted by Gasteiger charge is 2.22. The molecule has 0 spiro atoms. The van der Waals surface area contributed by atoms with E-state index in [-0.39, 0.29) is 5.91 Å². The van der Waals surface area contributed by atoms with E-state index in [9.17, 15) is 4.79 Å². The van der Waals surface area contributed by atoms with Crippen molar-refractivity contribution in [2.24, 2.45) is 0 Å². The second-order valence-corrected chi connectivity index (χ2v) is 7.91. The average molecular weight is 368 g/mol. The van der Waals surface area contributed by atoms with Crippen molar-refractivity contribution in [2.45, 2.75) is 20.3 Å². The first kappa shape index (κ1) is 18.5. The number of carbonyl (C=O) groups excluding carboxylic acids is 1. The maximum Gasteiger partial charge on any atom is 0.260 e. The number of aromatic nitrogens is 1. The zero-order valence-corrected chi connectivity index (χ0v) is 16.6. The first-order chi connectivity index (χ1) is 12.5. The molecular formula is C21H25N3OS. The van der Waals surface area contributed by atoms with E-state index >= 15 is 0 Å². The van der Waals surface area contributed by atoms with Crippen LogP contribution in [0.5, 0.6) is 0 Å². The molecule has 0 aliphatic rings. The summed E-state index contributed by atoms with van der Waals surface area (Å²) in [5.41, 5.74) is 3.89. The monoisotopic (exact) mass is 367 g/mol. The van der Waals surface area contributed by atoms with E-state index in [1.807, 2.05) is 56.3 Å². The number of aryl methyl sites for hydroxylation is 2. The second kappa shape index (κ2) is 7.98. The molecule has 0 atom stereocenters. The molecule has 5 heteroatoms. The van der Waals surface area contributed by atoms with Crippen LogP contribution in [0.2, 0.25) is 0 Å². The minimum absolute atomic E-state index is 0.0256. The van der Waals surface area contributed by atoms with Gasteiger partial charge in [-0.25, -0.2) is 4.98 Å². The summed E-state index contributed by atoms with van der Waals surface area (Å²) in [4.78, 5) is 22.0. The van der Waals surface area contributed by atoms with Gasteiger partial charge in [-0.2, -0.15) is 0 Å². The van der Waals surface area contributed by atoms with E-state index in [0.29, 0.717) is 6.54 Å². The highest BCUT2D eigenvalue weighted by atomic mass is 32.1. The summed E-state index contributed by atoms with van der Waals surface area (Å²) in [7, 11) is 4.10. The molecular weight excluding hydrogens is 342 g/mol. The third kappa shape index (κ3) is 4.11. The van der Waals surface area contributed by atoms with Crippen molar-refractivity contribution in [3.05, 3.63) is 59.2 Å². The Morgan fingerprint density at radius 2 is 1.85 bits per heavy atom. The molecule has 0 N–H and O–H groups in total. The summed E-state index contributed by atoms with van der Waals surface area (Å²) in [6.45, 7) is 5.64. The molecule has 1 aromatic heterocycles. The topological polar surface area (TPSA) is 36.4 Å². The number of hydrogen-bond donors (Lipinski definition) is 0. The van der Waals surface area contributed by atoms with Gasteiger partial charge in [0.25, 0.3) is 5.91 Å². The fourth-order valence-electron chi connectivity index (χ4n) is 2.92. The summed E-state index contributed by atoms with van der Waals surface area (Å²) in [5, 5.41) is 0.776. The van der Waals surface area contributed by atoms with Crippen LogP contribution in [-0.4, -0.2) is 43.0 Å². The van der Waals surface area contributed by atoms with Crippen molar-refractivity contribution in [3.63, 3.8) is 0 Å². The maximum absolute atomic E-state index is 13.3. The van der Waals surface area contributed by atoms with E-state index in [2.05, 4.69) is 24.0 Å². The van der Waals surface area contributed by atoms with Gasteiger partial charge in [0.05, 0.1) is 10.2 Å². The lowest BCUT2D eigenvalue weighted by molar-refractivity contribution is 0.0985. The van der Waals surface area contributed by atoms with Gasteiger partial charge in [-0.3, -0.25) is 9.69 Å². The van der Waals surface area contributed by atoms with Crippen molar-refractivity contribution in [2.75, 3.05) is 32.1 Å². The van der Waals surface area contributed by atoms with Crippen LogP contribution >= 0.6 is 11.3 Å². The van der Waals surface area contributed by atoms with Crippen LogP contribution in [0.3, 0.4) is 0 Å². The molecule has 0 fully saturated rings. The lowest BCUT2D eigenvalue weighted by atomic mass is 10.1. The van der Waals surface area contributed by atoms with Gasteiger partial charge in [0, 0.05) is 12.1 Å². The number of carbonyl (C=O) groups is 1. The Kier molecular flexibility index (Phi) is 5.69. The normalized spacial score (nSPS) is 11.3. The number of amides is 1. The van der Waals surface area contributed by atoms with Gasteiger partial charge in [-0.15, -0.1) is 0 Å². The summed E-state index contributed by atoms with van der Waals surface area (Å²) < 4.78 is 1.12. The molecule has 136 valence electrons. The predicted molar refractivity (Wildman–Crippen MR) is 110 cm³/mol. The first-order valence-corrected chi connectivity index (χ1v) is 9.67. The van der Waals surface area contributed by atoms with Gasteiger partial charge in [-0.1, -0.05) is 35.6 Å². The van der Waals surface area contributed by atoms with Gasteiger partial charge in [0.1, 0.15) is 0 Å². The van der Waals surface area contributed by atoms with E-state index in [4.69, 9.17) is 4.98 Å². The van der Waals surface area contributed by atoms with Gasteiger partial charge in [-0.05, 0) is 70.2 Å². The number of fused-ring (bicyclic) bond motifs is 1. The second-order valence-electron chi connectivity index (χ2n) is 6.90. The maximum atomic E-state index is 13.3. The summed E-state index contributed by atoms with van der Waals surface area (Å²) >= 11 is 1.59. The van der Waals surface area contributed by atoms with E-state index in [1.165, 1.54) is 5.56 Å². The van der Waals surface area contributed by atoms with Crippen LogP contribution in [0.25, 0.3) is 10.2 Å². The molecule has 0 saturated heterocycles. The SMILES string of the molecule is Cc1ccc2nc(N(CCCN(C)C)C(=O)c3ccccc3C)sc2c1. The minimum atomic E-state index is 0.0256. The Labute approximate surface area is 159 Å². The Bertz CT molecular complexity index is 917. The van der Waals surface area contributed by atoms with E-state index < -0.39 is 0 Å². The molecule has 1 heterocycles. The van der Waals surface area contributed by atoms with Gasteiger partial charge in [0.15, 0.2) is 5.13 Å². The average Bonchev–Trinajstić information content (AvgIpc) is 3.01. The van der Waals surface area contributed by atoms with Gasteiger partial charge in [0.2, 0.25) is 0 Å². The molecule has 3 aromatic rings. The third-order valence-electron chi connectivity index (χ3n) is 4.37. The van der Waals surface area contributed by atoms with Crippen LogP contribution in [0, 0.1) is 13.8 Å². The first-order valence-electron chi connectivity index (χ1n) is 8.85. The molecule has 0 bridgehead atoms. The number of rotatable bonds is 6. The molecule has 2 aromatic carbocycles. The molecule has 0 aliphatic heterocycles. The summed E-state index contributed by atoms with van der Waals surface area (Å²) in [5.74, 6) is 0.0256. The zero-order valence-electron chi connectivity index (χ0n) is 15.8. The lowest BCUT2D eigenvalue weighted by Gasteiger charge is -2.21. The van der Waals surface area contributed by atoms with Crippen LogP contribution in [-0.2, 0) is 0 Å². The minimum Gasteiger partial charge on any atom is -0.309 e. The van der Waals surface area contributed by atoms with Crippen LogP contribution in [0.4, 0.5) is 5.13 Å². The Morgan fingerprint density at radius 3 is 2.58 bits per heavy atom.